The van der Waals surface area contributed by atoms with Gasteiger partial charge in [-0.3, -0.25) is 4.98 Å². The highest BCUT2D eigenvalue weighted by Crippen LogP contribution is 2.31. The number of pyridine rings is 1. The van der Waals surface area contributed by atoms with E-state index in [1.54, 1.807) is 12.4 Å². The summed E-state index contributed by atoms with van der Waals surface area (Å²) in [5.74, 6) is 0. The summed E-state index contributed by atoms with van der Waals surface area (Å²) in [6.45, 7) is 2.04. The van der Waals surface area contributed by atoms with E-state index in [0.717, 1.165) is 33.4 Å². The zero-order valence-electron chi connectivity index (χ0n) is 11.0. The first-order chi connectivity index (χ1) is 9.65. The molecule has 0 aliphatic rings. The van der Waals surface area contributed by atoms with Gasteiger partial charge in [-0.25, -0.2) is 0 Å². The van der Waals surface area contributed by atoms with Crippen molar-refractivity contribution in [2.45, 2.75) is 6.92 Å². The van der Waals surface area contributed by atoms with Gasteiger partial charge in [0.05, 0.1) is 0 Å². The second-order valence-corrected chi connectivity index (χ2v) is 5.14. The van der Waals surface area contributed by atoms with Crippen molar-refractivity contribution in [2.24, 2.45) is 0 Å². The second-order valence-electron chi connectivity index (χ2n) is 4.71. The Morgan fingerprint density at radius 3 is 2.75 bits per heavy atom. The molecule has 0 radical (unpaired) electrons. The van der Waals surface area contributed by atoms with Gasteiger partial charge in [0.1, 0.15) is 0 Å². The molecule has 0 saturated heterocycles. The van der Waals surface area contributed by atoms with Gasteiger partial charge in [0, 0.05) is 45.3 Å². The van der Waals surface area contributed by atoms with Gasteiger partial charge in [0.15, 0.2) is 0 Å². The number of hydrogen-bond acceptors (Lipinski definition) is 3. The summed E-state index contributed by atoms with van der Waals surface area (Å²) in [6.07, 6.45) is 3.54. The molecule has 3 aromatic rings. The molecule has 3 nitrogen and oxygen atoms in total. The van der Waals surface area contributed by atoms with Crippen molar-refractivity contribution >= 4 is 39.4 Å². The third-order valence-electron chi connectivity index (χ3n) is 3.32. The van der Waals surface area contributed by atoms with E-state index in [1.165, 1.54) is 0 Å². The number of aryl methyl sites for hydroxylation is 1. The molecule has 4 heteroatoms. The Balaban J connectivity index is 2.11. The number of anilines is 3. The SMILES string of the molecule is Cc1ccc(Cl)cc1Nc1ccc(N)c2cnccc12. The van der Waals surface area contributed by atoms with Crippen molar-refractivity contribution in [1.82, 2.24) is 4.98 Å². The Morgan fingerprint density at radius 1 is 1.05 bits per heavy atom. The molecule has 0 saturated carbocycles. The lowest BCUT2D eigenvalue weighted by molar-refractivity contribution is 1.36. The zero-order chi connectivity index (χ0) is 14.1. The molecule has 3 rings (SSSR count). The number of aromatic nitrogens is 1. The Morgan fingerprint density at radius 2 is 1.90 bits per heavy atom. The van der Waals surface area contributed by atoms with Crippen LogP contribution in [0.4, 0.5) is 17.1 Å². The topological polar surface area (TPSA) is 50.9 Å². The third kappa shape index (κ3) is 2.28. The van der Waals surface area contributed by atoms with Crippen molar-refractivity contribution in [3.8, 4) is 0 Å². The Hall–Kier alpha value is -2.26. The van der Waals surface area contributed by atoms with Gasteiger partial charge in [-0.2, -0.15) is 0 Å². The van der Waals surface area contributed by atoms with Crippen molar-refractivity contribution in [3.63, 3.8) is 0 Å². The number of hydrogen-bond donors (Lipinski definition) is 2. The number of benzene rings is 2. The minimum Gasteiger partial charge on any atom is -0.398 e. The average molecular weight is 284 g/mol. The molecule has 1 aromatic heterocycles. The number of fused-ring (bicyclic) bond motifs is 1. The van der Waals surface area contributed by atoms with Crippen LogP contribution >= 0.6 is 11.6 Å². The molecule has 3 N–H and O–H groups in total. The lowest BCUT2D eigenvalue weighted by Crippen LogP contribution is -1.96. The van der Waals surface area contributed by atoms with E-state index < -0.39 is 0 Å². The fourth-order valence-electron chi connectivity index (χ4n) is 2.20. The van der Waals surface area contributed by atoms with E-state index in [2.05, 4.69) is 10.3 Å². The average Bonchev–Trinajstić information content (AvgIpc) is 2.46. The van der Waals surface area contributed by atoms with Crippen molar-refractivity contribution in [1.29, 1.82) is 0 Å². The molecule has 0 unspecified atom stereocenters. The van der Waals surface area contributed by atoms with Gasteiger partial charge in [-0.15, -0.1) is 0 Å². The van der Waals surface area contributed by atoms with Gasteiger partial charge < -0.3 is 11.1 Å². The molecule has 100 valence electrons. The summed E-state index contributed by atoms with van der Waals surface area (Å²) in [5.41, 5.74) is 9.81. The maximum atomic E-state index is 6.06. The monoisotopic (exact) mass is 283 g/mol. The number of nitrogen functional groups attached to an aromatic ring is 1. The number of nitrogens with one attached hydrogen (secondary N) is 1. The minimum absolute atomic E-state index is 0.708. The van der Waals surface area contributed by atoms with Crippen LogP contribution < -0.4 is 11.1 Å². The summed E-state index contributed by atoms with van der Waals surface area (Å²) < 4.78 is 0. The standard InChI is InChI=1S/C16H14ClN3/c1-10-2-3-11(17)8-16(10)20-15-5-4-14(18)13-9-19-7-6-12(13)15/h2-9,20H,18H2,1H3. The van der Waals surface area contributed by atoms with Crippen molar-refractivity contribution < 1.29 is 0 Å². The van der Waals surface area contributed by atoms with Crippen LogP contribution in [0.5, 0.6) is 0 Å². The summed E-state index contributed by atoms with van der Waals surface area (Å²) >= 11 is 6.06. The lowest BCUT2D eigenvalue weighted by Gasteiger charge is -2.13. The van der Waals surface area contributed by atoms with E-state index >= 15 is 0 Å². The Bertz CT molecular complexity index is 784. The molecular formula is C16H14ClN3. The third-order valence-corrected chi connectivity index (χ3v) is 3.56. The molecule has 0 aliphatic heterocycles. The normalized spacial score (nSPS) is 10.7. The van der Waals surface area contributed by atoms with Gasteiger partial charge >= 0.3 is 0 Å². The summed E-state index contributed by atoms with van der Waals surface area (Å²) in [4.78, 5) is 4.12. The van der Waals surface area contributed by atoms with Crippen LogP contribution in [0.15, 0.2) is 48.8 Å². The van der Waals surface area contributed by atoms with Gasteiger partial charge in [-0.05, 0) is 42.8 Å². The predicted molar refractivity (Wildman–Crippen MR) is 85.6 cm³/mol. The van der Waals surface area contributed by atoms with Crippen LogP contribution in [0.25, 0.3) is 10.8 Å². The van der Waals surface area contributed by atoms with Crippen LogP contribution in [0.2, 0.25) is 5.02 Å². The van der Waals surface area contributed by atoms with E-state index in [-0.39, 0.29) is 0 Å². The van der Waals surface area contributed by atoms with Crippen LogP contribution in [-0.4, -0.2) is 4.98 Å². The fourth-order valence-corrected chi connectivity index (χ4v) is 2.37. The lowest BCUT2D eigenvalue weighted by atomic mass is 10.1. The molecule has 0 fully saturated rings. The molecule has 0 amide bonds. The quantitative estimate of drug-likeness (QED) is 0.680. The second kappa shape index (κ2) is 5.02. The highest BCUT2D eigenvalue weighted by molar-refractivity contribution is 6.30. The molecule has 20 heavy (non-hydrogen) atoms. The van der Waals surface area contributed by atoms with Gasteiger partial charge in [0.25, 0.3) is 0 Å². The number of nitrogens with two attached hydrogens (primary N) is 1. The smallest absolute Gasteiger partial charge is 0.0466 e. The molecule has 2 aromatic carbocycles. The predicted octanol–water partition coefficient (Wildman–Crippen LogP) is 4.52. The van der Waals surface area contributed by atoms with E-state index in [0.29, 0.717) is 5.02 Å². The summed E-state index contributed by atoms with van der Waals surface area (Å²) in [7, 11) is 0. The number of halogens is 1. The van der Waals surface area contributed by atoms with E-state index in [1.807, 2.05) is 43.3 Å². The van der Waals surface area contributed by atoms with Crippen LogP contribution in [0, 0.1) is 6.92 Å². The Labute approximate surface area is 122 Å². The van der Waals surface area contributed by atoms with Crippen LogP contribution in [0.3, 0.4) is 0 Å². The first kappa shape index (κ1) is 12.8. The molecule has 0 aliphatic carbocycles. The molecule has 0 bridgehead atoms. The van der Waals surface area contributed by atoms with E-state index in [4.69, 9.17) is 17.3 Å². The molecule has 0 spiro atoms. The molecular weight excluding hydrogens is 270 g/mol. The molecule has 1 heterocycles. The van der Waals surface area contributed by atoms with Gasteiger partial charge in [0.2, 0.25) is 0 Å². The van der Waals surface area contributed by atoms with E-state index in [9.17, 15) is 0 Å². The van der Waals surface area contributed by atoms with Crippen molar-refractivity contribution in [3.05, 3.63) is 59.4 Å². The minimum atomic E-state index is 0.708. The highest BCUT2D eigenvalue weighted by Gasteiger charge is 2.06. The number of rotatable bonds is 2. The molecule has 0 atom stereocenters. The van der Waals surface area contributed by atoms with Crippen molar-refractivity contribution in [2.75, 3.05) is 11.1 Å². The maximum Gasteiger partial charge on any atom is 0.0466 e. The number of nitrogens with zero attached hydrogens (tertiary/aromatic N) is 1. The Kier molecular flexibility index (Phi) is 3.20. The highest BCUT2D eigenvalue weighted by atomic mass is 35.5. The first-order valence-electron chi connectivity index (χ1n) is 6.30. The maximum absolute atomic E-state index is 6.06. The van der Waals surface area contributed by atoms with Crippen LogP contribution in [0.1, 0.15) is 5.56 Å². The largest absolute Gasteiger partial charge is 0.398 e. The van der Waals surface area contributed by atoms with Crippen LogP contribution in [-0.2, 0) is 0 Å². The fraction of sp³-hybridized carbons (Fsp3) is 0.0625. The first-order valence-corrected chi connectivity index (χ1v) is 6.68. The van der Waals surface area contributed by atoms with Gasteiger partial charge in [-0.1, -0.05) is 17.7 Å². The summed E-state index contributed by atoms with van der Waals surface area (Å²) in [6, 6.07) is 11.6. The summed E-state index contributed by atoms with van der Waals surface area (Å²) in [5, 5.41) is 6.11. The zero-order valence-corrected chi connectivity index (χ0v) is 11.8.